The van der Waals surface area contributed by atoms with Crippen LogP contribution in [0.15, 0.2) is 152 Å². The van der Waals surface area contributed by atoms with Gasteiger partial charge in [0, 0.05) is 33.8 Å². The molecule has 0 saturated heterocycles. The normalized spacial score (nSPS) is 15.8. The molecule has 1 aliphatic heterocycles. The molecule has 1 nitrogen and oxygen atoms in total. The molecule has 0 radical (unpaired) electrons. The highest BCUT2D eigenvalue weighted by atomic mass is 15.1. The molecule has 0 spiro atoms. The zero-order chi connectivity index (χ0) is 36.3. The topological polar surface area (TPSA) is 3.24 Å². The van der Waals surface area contributed by atoms with Crippen molar-refractivity contribution < 1.29 is 0 Å². The van der Waals surface area contributed by atoms with Gasteiger partial charge in [-0.2, -0.15) is 0 Å². The smallest absolute Gasteiger partial charge is 0.0570 e. The SMILES string of the molecule is CC1(C)c2ccccc2-c2ccc(-c3ccc4c(N5CCCc6ccccc65)c5ccccc5c(-c5ccc6c(c5)C(C)(C)c5ccccc5-6)c4c3)cc21. The van der Waals surface area contributed by atoms with Gasteiger partial charge in [-0.15, -0.1) is 0 Å². The first-order valence-corrected chi connectivity index (χ1v) is 19.6. The van der Waals surface area contributed by atoms with Crippen molar-refractivity contribution in [1.82, 2.24) is 0 Å². The lowest BCUT2D eigenvalue weighted by Gasteiger charge is -2.34. The van der Waals surface area contributed by atoms with Gasteiger partial charge >= 0.3 is 0 Å². The summed E-state index contributed by atoms with van der Waals surface area (Å²) in [6, 6.07) is 57.8. The second kappa shape index (κ2) is 11.3. The Morgan fingerprint density at radius 2 is 0.944 bits per heavy atom. The summed E-state index contributed by atoms with van der Waals surface area (Å²) in [5, 5.41) is 5.23. The number of hydrogen-bond donors (Lipinski definition) is 0. The van der Waals surface area contributed by atoms with Crippen molar-refractivity contribution in [3.8, 4) is 44.5 Å². The molecule has 8 aromatic carbocycles. The van der Waals surface area contributed by atoms with Crippen LogP contribution in [-0.2, 0) is 17.3 Å². The molecule has 0 bridgehead atoms. The Balaban J connectivity index is 1.19. The van der Waals surface area contributed by atoms with Gasteiger partial charge in [-0.25, -0.2) is 0 Å². The van der Waals surface area contributed by atoms with Crippen LogP contribution in [0.25, 0.3) is 66.1 Å². The fourth-order valence-electron chi connectivity index (χ4n) is 10.4. The number of para-hydroxylation sites is 1. The van der Waals surface area contributed by atoms with Crippen LogP contribution in [-0.4, -0.2) is 6.54 Å². The van der Waals surface area contributed by atoms with Gasteiger partial charge in [0.2, 0.25) is 0 Å². The van der Waals surface area contributed by atoms with Crippen molar-refractivity contribution in [1.29, 1.82) is 0 Å². The molecule has 54 heavy (non-hydrogen) atoms. The maximum absolute atomic E-state index is 2.62. The molecular formula is C53H43N. The summed E-state index contributed by atoms with van der Waals surface area (Å²) in [5.74, 6) is 0. The summed E-state index contributed by atoms with van der Waals surface area (Å²) >= 11 is 0. The van der Waals surface area contributed by atoms with Crippen molar-refractivity contribution in [3.63, 3.8) is 0 Å². The standard InChI is InChI=1S/C53H43N/c1-52(2)45-20-10-8-16-37(45)39-26-23-35(31-47(39)52)34-24-28-43-44(30-34)50(36-25-27-40-38-17-9-11-21-46(38)53(3,4)48(40)32-36)41-18-6-7-19-42(41)51(43)54-29-13-15-33-14-5-12-22-49(33)54/h5-12,14,16-28,30-32H,13,15,29H2,1-4H3. The van der Waals surface area contributed by atoms with Crippen molar-refractivity contribution in [2.75, 3.05) is 11.4 Å². The van der Waals surface area contributed by atoms with E-state index >= 15 is 0 Å². The van der Waals surface area contributed by atoms with E-state index in [0.29, 0.717) is 0 Å². The number of anilines is 2. The predicted octanol–water partition coefficient (Wildman–Crippen LogP) is 14.0. The van der Waals surface area contributed by atoms with E-state index in [4.69, 9.17) is 0 Å². The molecule has 0 aromatic heterocycles. The molecule has 3 aliphatic rings. The Bertz CT molecular complexity index is 2870. The van der Waals surface area contributed by atoms with E-state index in [0.717, 1.165) is 19.4 Å². The second-order valence-electron chi connectivity index (χ2n) is 16.8. The summed E-state index contributed by atoms with van der Waals surface area (Å²) < 4.78 is 0. The highest BCUT2D eigenvalue weighted by Gasteiger charge is 2.37. The first-order valence-electron chi connectivity index (χ1n) is 19.6. The minimum absolute atomic E-state index is 0.0518. The lowest BCUT2D eigenvalue weighted by atomic mass is 9.80. The fraction of sp³-hybridized carbons (Fsp3) is 0.170. The largest absolute Gasteiger partial charge is 0.340 e. The number of aryl methyl sites for hydroxylation is 1. The van der Waals surface area contributed by atoms with Crippen LogP contribution in [0.5, 0.6) is 0 Å². The maximum Gasteiger partial charge on any atom is 0.0570 e. The Morgan fingerprint density at radius 3 is 1.67 bits per heavy atom. The third-order valence-electron chi connectivity index (χ3n) is 13.2. The van der Waals surface area contributed by atoms with E-state index in [1.807, 2.05) is 0 Å². The number of benzene rings is 8. The van der Waals surface area contributed by atoms with Gasteiger partial charge in [0.15, 0.2) is 0 Å². The Kier molecular flexibility index (Phi) is 6.61. The third kappa shape index (κ3) is 4.33. The quantitative estimate of drug-likeness (QED) is 0.167. The van der Waals surface area contributed by atoms with E-state index in [1.165, 1.54) is 105 Å². The van der Waals surface area contributed by atoms with Gasteiger partial charge in [0.25, 0.3) is 0 Å². The predicted molar refractivity (Wildman–Crippen MR) is 229 cm³/mol. The highest BCUT2D eigenvalue weighted by Crippen LogP contribution is 2.53. The van der Waals surface area contributed by atoms with Crippen LogP contribution in [0.4, 0.5) is 11.4 Å². The second-order valence-corrected chi connectivity index (χ2v) is 16.8. The average Bonchev–Trinajstić information content (AvgIpc) is 3.58. The average molecular weight is 694 g/mol. The van der Waals surface area contributed by atoms with Crippen molar-refractivity contribution in [2.24, 2.45) is 0 Å². The zero-order valence-corrected chi connectivity index (χ0v) is 31.5. The molecule has 0 atom stereocenters. The Labute approximate surface area is 318 Å². The number of nitrogens with zero attached hydrogens (tertiary/aromatic N) is 1. The molecule has 0 unspecified atom stereocenters. The van der Waals surface area contributed by atoms with Gasteiger partial charge in [-0.3, -0.25) is 0 Å². The zero-order valence-electron chi connectivity index (χ0n) is 31.5. The van der Waals surface area contributed by atoms with Crippen LogP contribution in [0.1, 0.15) is 61.9 Å². The van der Waals surface area contributed by atoms with Crippen molar-refractivity contribution in [2.45, 2.75) is 51.4 Å². The molecule has 11 rings (SSSR count). The van der Waals surface area contributed by atoms with Crippen LogP contribution in [0.3, 0.4) is 0 Å². The highest BCUT2D eigenvalue weighted by molar-refractivity contribution is 6.22. The van der Waals surface area contributed by atoms with Gasteiger partial charge in [0.05, 0.1) is 5.69 Å². The van der Waals surface area contributed by atoms with E-state index in [1.54, 1.807) is 0 Å². The summed E-state index contributed by atoms with van der Waals surface area (Å²) in [6.07, 6.45) is 2.26. The Hall–Kier alpha value is -5.92. The first-order chi connectivity index (χ1) is 26.3. The first kappa shape index (κ1) is 31.6. The molecule has 0 amide bonds. The van der Waals surface area contributed by atoms with Gasteiger partial charge in [0.1, 0.15) is 0 Å². The number of rotatable bonds is 3. The summed E-state index contributed by atoms with van der Waals surface area (Å²) in [4.78, 5) is 2.62. The molecule has 0 N–H and O–H groups in total. The summed E-state index contributed by atoms with van der Waals surface area (Å²) in [5.41, 5.74) is 20.2. The molecule has 0 saturated carbocycles. The Morgan fingerprint density at radius 1 is 0.426 bits per heavy atom. The summed E-state index contributed by atoms with van der Waals surface area (Å²) in [6.45, 7) is 10.5. The fourth-order valence-corrected chi connectivity index (χ4v) is 10.4. The van der Waals surface area contributed by atoms with E-state index in [-0.39, 0.29) is 10.8 Å². The lowest BCUT2D eigenvalue weighted by Crippen LogP contribution is -2.25. The van der Waals surface area contributed by atoms with Crippen LogP contribution >= 0.6 is 0 Å². The molecule has 1 heterocycles. The van der Waals surface area contributed by atoms with E-state index < -0.39 is 0 Å². The van der Waals surface area contributed by atoms with Gasteiger partial charge in [-0.05, 0) is 120 Å². The van der Waals surface area contributed by atoms with Crippen LogP contribution in [0.2, 0.25) is 0 Å². The molecule has 8 aromatic rings. The van der Waals surface area contributed by atoms with Crippen molar-refractivity contribution >= 4 is 32.9 Å². The van der Waals surface area contributed by atoms with Gasteiger partial charge < -0.3 is 4.90 Å². The van der Waals surface area contributed by atoms with Crippen LogP contribution in [0, 0.1) is 0 Å². The van der Waals surface area contributed by atoms with Crippen molar-refractivity contribution in [3.05, 3.63) is 179 Å². The lowest BCUT2D eigenvalue weighted by molar-refractivity contribution is 0.660. The molecule has 0 fully saturated rings. The van der Waals surface area contributed by atoms with Crippen LogP contribution < -0.4 is 4.90 Å². The number of fused-ring (bicyclic) bond motifs is 9. The minimum atomic E-state index is -0.0784. The van der Waals surface area contributed by atoms with E-state index in [2.05, 4.69) is 184 Å². The molecule has 2 aliphatic carbocycles. The van der Waals surface area contributed by atoms with E-state index in [9.17, 15) is 0 Å². The maximum atomic E-state index is 2.62. The summed E-state index contributed by atoms with van der Waals surface area (Å²) in [7, 11) is 0. The number of hydrogen-bond acceptors (Lipinski definition) is 1. The third-order valence-corrected chi connectivity index (χ3v) is 13.2. The minimum Gasteiger partial charge on any atom is -0.340 e. The molecule has 1 heteroatoms. The molecular weight excluding hydrogens is 651 g/mol. The molecule has 260 valence electrons. The van der Waals surface area contributed by atoms with Gasteiger partial charge in [-0.1, -0.05) is 155 Å². The monoisotopic (exact) mass is 693 g/mol.